The van der Waals surface area contributed by atoms with Crippen LogP contribution in [0.25, 0.3) is 0 Å². The van der Waals surface area contributed by atoms with Crippen LogP contribution in [-0.4, -0.2) is 0 Å². The first-order valence-electron chi connectivity index (χ1n) is 5.21. The van der Waals surface area contributed by atoms with Crippen molar-refractivity contribution in [1.82, 2.24) is 0 Å². The van der Waals surface area contributed by atoms with Gasteiger partial charge < -0.3 is 0 Å². The molecule has 0 aromatic heterocycles. The summed E-state index contributed by atoms with van der Waals surface area (Å²) in [4.78, 5) is 0. The third-order valence-corrected chi connectivity index (χ3v) is 3.00. The van der Waals surface area contributed by atoms with Crippen molar-refractivity contribution in [2.75, 3.05) is 0 Å². The summed E-state index contributed by atoms with van der Waals surface area (Å²) in [6, 6.07) is 12.6. The zero-order valence-electron chi connectivity index (χ0n) is 9.25. The van der Waals surface area contributed by atoms with E-state index in [2.05, 4.69) is 15.9 Å². The number of halogens is 3. The van der Waals surface area contributed by atoms with Gasteiger partial charge in [0.2, 0.25) is 0 Å². The summed E-state index contributed by atoms with van der Waals surface area (Å²) in [6.45, 7) is 1.80. The summed E-state index contributed by atoms with van der Waals surface area (Å²) in [7, 11) is 0. The van der Waals surface area contributed by atoms with Gasteiger partial charge in [-0.05, 0) is 30.7 Å². The van der Waals surface area contributed by atoms with Crippen molar-refractivity contribution >= 4 is 15.9 Å². The van der Waals surface area contributed by atoms with Crippen LogP contribution in [0.3, 0.4) is 0 Å². The van der Waals surface area contributed by atoms with E-state index in [1.165, 1.54) is 24.3 Å². The van der Waals surface area contributed by atoms with Crippen LogP contribution in [0.2, 0.25) is 0 Å². The maximum Gasteiger partial charge on any atom is 0.298 e. The Balaban J connectivity index is 2.51. The molecule has 88 valence electrons. The number of aryl methyl sites for hydroxylation is 1. The summed E-state index contributed by atoms with van der Waals surface area (Å²) in [5.74, 6) is -2.96. The number of alkyl halides is 2. The highest BCUT2D eigenvalue weighted by molar-refractivity contribution is 9.10. The average Bonchev–Trinajstić information content (AvgIpc) is 2.29. The van der Waals surface area contributed by atoms with E-state index in [9.17, 15) is 8.78 Å². The lowest BCUT2D eigenvalue weighted by molar-refractivity contribution is 0.0427. The SMILES string of the molecule is Cc1cc(Br)cc(C(F)(F)c2ccccc2)c1. The van der Waals surface area contributed by atoms with Crippen LogP contribution in [-0.2, 0) is 5.92 Å². The van der Waals surface area contributed by atoms with Crippen molar-refractivity contribution in [1.29, 1.82) is 0 Å². The van der Waals surface area contributed by atoms with Crippen LogP contribution in [0, 0.1) is 6.92 Å². The van der Waals surface area contributed by atoms with Gasteiger partial charge in [-0.2, -0.15) is 8.78 Å². The molecule has 0 amide bonds. The molecule has 0 radical (unpaired) electrons. The van der Waals surface area contributed by atoms with Gasteiger partial charge in [0.25, 0.3) is 5.92 Å². The van der Waals surface area contributed by atoms with E-state index < -0.39 is 5.92 Å². The first-order chi connectivity index (χ1) is 8.00. The maximum atomic E-state index is 14.2. The van der Waals surface area contributed by atoms with E-state index in [4.69, 9.17) is 0 Å². The summed E-state index contributed by atoms with van der Waals surface area (Å²) in [5.41, 5.74) is 0.832. The van der Waals surface area contributed by atoms with E-state index >= 15 is 0 Å². The number of hydrogen-bond donors (Lipinski definition) is 0. The van der Waals surface area contributed by atoms with Gasteiger partial charge in [-0.1, -0.05) is 46.3 Å². The molecule has 0 bridgehead atoms. The predicted molar refractivity (Wildman–Crippen MR) is 68.3 cm³/mol. The van der Waals surface area contributed by atoms with Crippen molar-refractivity contribution in [3.63, 3.8) is 0 Å². The van der Waals surface area contributed by atoms with Crippen molar-refractivity contribution in [2.45, 2.75) is 12.8 Å². The van der Waals surface area contributed by atoms with Crippen molar-refractivity contribution in [2.24, 2.45) is 0 Å². The molecule has 0 fully saturated rings. The van der Waals surface area contributed by atoms with Gasteiger partial charge in [-0.3, -0.25) is 0 Å². The maximum absolute atomic E-state index is 14.2. The normalized spacial score (nSPS) is 11.5. The molecule has 2 aromatic rings. The van der Waals surface area contributed by atoms with Gasteiger partial charge >= 0.3 is 0 Å². The van der Waals surface area contributed by atoms with E-state index in [1.54, 1.807) is 25.1 Å². The first-order valence-corrected chi connectivity index (χ1v) is 6.00. The average molecular weight is 297 g/mol. The predicted octanol–water partition coefficient (Wildman–Crippen LogP) is 4.90. The number of rotatable bonds is 2. The lowest BCUT2D eigenvalue weighted by atomic mass is 9.99. The van der Waals surface area contributed by atoms with Crippen molar-refractivity contribution in [3.05, 3.63) is 69.7 Å². The molecular weight excluding hydrogens is 286 g/mol. The highest BCUT2D eigenvalue weighted by atomic mass is 79.9. The van der Waals surface area contributed by atoms with Crippen LogP contribution in [0.4, 0.5) is 8.78 Å². The monoisotopic (exact) mass is 296 g/mol. The van der Waals surface area contributed by atoms with Crippen LogP contribution >= 0.6 is 15.9 Å². The standard InChI is InChI=1S/C14H11BrF2/c1-10-7-12(9-13(15)8-10)14(16,17)11-5-3-2-4-6-11/h2-9H,1H3. The number of benzene rings is 2. The lowest BCUT2D eigenvalue weighted by Crippen LogP contribution is -2.15. The fraction of sp³-hybridized carbons (Fsp3) is 0.143. The molecule has 0 saturated heterocycles. The Morgan fingerprint density at radius 2 is 1.59 bits per heavy atom. The topological polar surface area (TPSA) is 0 Å². The Hall–Kier alpha value is -1.22. The molecule has 17 heavy (non-hydrogen) atoms. The second-order valence-electron chi connectivity index (χ2n) is 3.96. The van der Waals surface area contributed by atoms with Gasteiger partial charge in [0.1, 0.15) is 0 Å². The summed E-state index contributed by atoms with van der Waals surface area (Å²) in [5, 5.41) is 0. The molecule has 0 atom stereocenters. The molecule has 0 aliphatic rings. The fourth-order valence-corrected chi connectivity index (χ4v) is 2.34. The minimum atomic E-state index is -2.96. The Morgan fingerprint density at radius 1 is 0.941 bits per heavy atom. The molecule has 0 saturated carbocycles. The van der Waals surface area contributed by atoms with Crippen LogP contribution in [0.1, 0.15) is 16.7 Å². The largest absolute Gasteiger partial charge is 0.298 e. The Morgan fingerprint density at radius 3 is 2.18 bits per heavy atom. The van der Waals surface area contributed by atoms with E-state index in [1.807, 2.05) is 6.07 Å². The summed E-state index contributed by atoms with van der Waals surface area (Å²) < 4.78 is 29.1. The zero-order valence-corrected chi connectivity index (χ0v) is 10.8. The molecule has 0 aliphatic heterocycles. The van der Waals surface area contributed by atoms with Crippen LogP contribution < -0.4 is 0 Å². The quantitative estimate of drug-likeness (QED) is 0.739. The molecule has 0 unspecified atom stereocenters. The minimum absolute atomic E-state index is 0.00979. The molecule has 0 aliphatic carbocycles. The molecule has 2 aromatic carbocycles. The lowest BCUT2D eigenvalue weighted by Gasteiger charge is -2.18. The third-order valence-electron chi connectivity index (χ3n) is 2.54. The van der Waals surface area contributed by atoms with Gasteiger partial charge in [0.15, 0.2) is 0 Å². The first kappa shape index (κ1) is 12.2. The second-order valence-corrected chi connectivity index (χ2v) is 4.87. The highest BCUT2D eigenvalue weighted by Crippen LogP contribution is 2.36. The highest BCUT2D eigenvalue weighted by Gasteiger charge is 2.33. The van der Waals surface area contributed by atoms with E-state index in [-0.39, 0.29) is 11.1 Å². The van der Waals surface area contributed by atoms with Gasteiger partial charge in [0.05, 0.1) is 0 Å². The van der Waals surface area contributed by atoms with Crippen LogP contribution in [0.5, 0.6) is 0 Å². The minimum Gasteiger partial charge on any atom is -0.196 e. The van der Waals surface area contributed by atoms with E-state index in [0.717, 1.165) is 5.56 Å². The molecule has 0 nitrogen and oxygen atoms in total. The zero-order chi connectivity index (χ0) is 12.5. The Labute approximate surface area is 107 Å². The third kappa shape index (κ3) is 2.55. The van der Waals surface area contributed by atoms with Crippen molar-refractivity contribution < 1.29 is 8.78 Å². The summed E-state index contributed by atoms with van der Waals surface area (Å²) in [6.07, 6.45) is 0. The van der Waals surface area contributed by atoms with Crippen molar-refractivity contribution in [3.8, 4) is 0 Å². The molecule has 3 heteroatoms. The van der Waals surface area contributed by atoms with Crippen LogP contribution in [0.15, 0.2) is 53.0 Å². The molecule has 0 N–H and O–H groups in total. The molecule has 2 rings (SSSR count). The van der Waals surface area contributed by atoms with Gasteiger partial charge in [-0.15, -0.1) is 0 Å². The van der Waals surface area contributed by atoms with Gasteiger partial charge in [-0.25, -0.2) is 0 Å². The second kappa shape index (κ2) is 4.57. The van der Waals surface area contributed by atoms with E-state index in [0.29, 0.717) is 4.47 Å². The molecule has 0 spiro atoms. The Kier molecular flexibility index (Phi) is 3.29. The molecule has 0 heterocycles. The van der Waals surface area contributed by atoms with Gasteiger partial charge in [0, 0.05) is 15.6 Å². The Bertz CT molecular complexity index is 501. The molecular formula is C14H11BrF2. The smallest absolute Gasteiger partial charge is 0.196 e. The number of hydrogen-bond acceptors (Lipinski definition) is 0. The fourth-order valence-electron chi connectivity index (χ4n) is 1.73. The summed E-state index contributed by atoms with van der Waals surface area (Å²) >= 11 is 3.24.